The minimum atomic E-state index is -0.987. The van der Waals surface area contributed by atoms with E-state index in [-0.39, 0.29) is 17.2 Å². The number of anilines is 1. The van der Waals surface area contributed by atoms with Crippen molar-refractivity contribution >= 4 is 50.1 Å². The van der Waals surface area contributed by atoms with Crippen molar-refractivity contribution in [2.75, 3.05) is 5.32 Å². The first-order valence-corrected chi connectivity index (χ1v) is 9.77. The van der Waals surface area contributed by atoms with E-state index in [0.717, 1.165) is 10.9 Å². The average molecular weight is 379 g/mol. The Hall–Kier alpha value is -3.19. The van der Waals surface area contributed by atoms with E-state index in [2.05, 4.69) is 16.5 Å². The van der Waals surface area contributed by atoms with Crippen LogP contribution in [-0.2, 0) is 4.79 Å². The third-order valence-corrected chi connectivity index (χ3v) is 6.14. The van der Waals surface area contributed by atoms with Gasteiger partial charge in [0, 0.05) is 17.3 Å². The molecule has 1 aliphatic rings. The third kappa shape index (κ3) is 2.96. The molecule has 0 bridgehead atoms. The van der Waals surface area contributed by atoms with Crippen LogP contribution in [0.2, 0.25) is 0 Å². The van der Waals surface area contributed by atoms with Gasteiger partial charge in [-0.15, -0.1) is 0 Å². The lowest BCUT2D eigenvalue weighted by Gasteiger charge is -2.11. The fourth-order valence-corrected chi connectivity index (χ4v) is 4.54. The molecular weight excluding hydrogens is 362 g/mol. The first-order valence-electron chi connectivity index (χ1n) is 8.31. The summed E-state index contributed by atoms with van der Waals surface area (Å²) in [5.41, 5.74) is 3.13. The largest absolute Gasteiger partial charge is 0.330 e. The summed E-state index contributed by atoms with van der Waals surface area (Å²) in [5, 5.41) is 4.99. The van der Waals surface area contributed by atoms with E-state index >= 15 is 0 Å². The Morgan fingerprint density at radius 1 is 1.19 bits per heavy atom. The molecule has 6 nitrogen and oxygen atoms in total. The van der Waals surface area contributed by atoms with Crippen LogP contribution in [0, 0.1) is 6.92 Å². The van der Waals surface area contributed by atoms with Crippen molar-refractivity contribution in [1.82, 2.24) is 9.88 Å². The van der Waals surface area contributed by atoms with Gasteiger partial charge in [0.05, 0.1) is 5.52 Å². The number of carbonyl (C=O) groups is 3. The monoisotopic (exact) mass is 379 g/mol. The van der Waals surface area contributed by atoms with Gasteiger partial charge in [0.1, 0.15) is 5.25 Å². The molecule has 2 unspecified atom stereocenters. The summed E-state index contributed by atoms with van der Waals surface area (Å²) in [6, 6.07) is 14.4. The molecule has 3 aromatic rings. The molecule has 136 valence electrons. The summed E-state index contributed by atoms with van der Waals surface area (Å²) in [5.74, 6) is 3.50. The highest BCUT2D eigenvalue weighted by molar-refractivity contribution is 8.28. The molecule has 2 N–H and O–H groups in total. The van der Waals surface area contributed by atoms with Gasteiger partial charge in [0.15, 0.2) is 0 Å². The number of rotatable bonds is 2. The standard InChI is InChI=1S/C20H17N3O3S/c1-12-5-3-6-13(11-12)21-19(25)23-10-9-14-15(7-4-8-16(14)23)17-18(24)22-20(26)27(17)2/h3-11,17H,2H2,1H3,(H,21,25)(H,22,24,26). The predicted octanol–water partition coefficient (Wildman–Crippen LogP) is 4.02. The van der Waals surface area contributed by atoms with E-state index in [9.17, 15) is 14.4 Å². The van der Waals surface area contributed by atoms with Gasteiger partial charge >= 0.3 is 6.03 Å². The van der Waals surface area contributed by atoms with Crippen LogP contribution in [0.5, 0.6) is 0 Å². The Kier molecular flexibility index (Phi) is 4.16. The second-order valence-corrected chi connectivity index (χ2v) is 8.05. The van der Waals surface area contributed by atoms with Gasteiger partial charge in [-0.25, -0.2) is 4.79 Å². The van der Waals surface area contributed by atoms with Crippen LogP contribution in [0.4, 0.5) is 15.3 Å². The minimum Gasteiger partial charge on any atom is -0.307 e. The van der Waals surface area contributed by atoms with Crippen LogP contribution in [0.25, 0.3) is 10.9 Å². The van der Waals surface area contributed by atoms with E-state index < -0.39 is 15.7 Å². The van der Waals surface area contributed by atoms with E-state index in [1.807, 2.05) is 37.3 Å². The Labute approximate surface area is 158 Å². The highest BCUT2D eigenvalue weighted by atomic mass is 32.2. The van der Waals surface area contributed by atoms with E-state index in [4.69, 9.17) is 0 Å². The first kappa shape index (κ1) is 17.2. The number of nitrogens with zero attached hydrogens (tertiary/aromatic N) is 1. The summed E-state index contributed by atoms with van der Waals surface area (Å²) in [6.07, 6.45) is 1.66. The zero-order valence-electron chi connectivity index (χ0n) is 14.6. The highest BCUT2D eigenvalue weighted by Crippen LogP contribution is 2.42. The van der Waals surface area contributed by atoms with Gasteiger partial charge in [-0.1, -0.05) is 40.6 Å². The Morgan fingerprint density at radius 3 is 2.67 bits per heavy atom. The molecule has 0 aliphatic carbocycles. The van der Waals surface area contributed by atoms with Crippen LogP contribution in [-0.4, -0.2) is 27.6 Å². The molecule has 1 saturated heterocycles. The molecule has 27 heavy (non-hydrogen) atoms. The Morgan fingerprint density at radius 2 is 1.96 bits per heavy atom. The van der Waals surface area contributed by atoms with Crippen molar-refractivity contribution in [2.45, 2.75) is 12.2 Å². The summed E-state index contributed by atoms with van der Waals surface area (Å²) < 4.78 is 1.50. The molecular formula is C20H17N3O3S. The fraction of sp³-hybridized carbons (Fsp3) is 0.100. The number of benzene rings is 2. The second-order valence-electron chi connectivity index (χ2n) is 6.35. The van der Waals surface area contributed by atoms with Crippen molar-refractivity contribution in [2.24, 2.45) is 0 Å². The molecule has 1 aromatic heterocycles. The maximum absolute atomic E-state index is 12.7. The van der Waals surface area contributed by atoms with Crippen LogP contribution in [0.3, 0.4) is 0 Å². The van der Waals surface area contributed by atoms with Gasteiger partial charge < -0.3 is 5.32 Å². The number of imide groups is 1. The molecule has 2 atom stereocenters. The quantitative estimate of drug-likeness (QED) is 0.660. The van der Waals surface area contributed by atoms with Crippen molar-refractivity contribution in [3.05, 3.63) is 65.9 Å². The van der Waals surface area contributed by atoms with Crippen LogP contribution < -0.4 is 10.6 Å². The molecule has 0 saturated carbocycles. The molecule has 1 fully saturated rings. The van der Waals surface area contributed by atoms with Crippen molar-refractivity contribution < 1.29 is 14.4 Å². The molecule has 1 aliphatic heterocycles. The van der Waals surface area contributed by atoms with Crippen molar-refractivity contribution in [3.8, 4) is 0 Å². The van der Waals surface area contributed by atoms with Crippen LogP contribution >= 0.6 is 10.5 Å². The van der Waals surface area contributed by atoms with Gasteiger partial charge in [-0.05, 0) is 42.3 Å². The molecule has 2 heterocycles. The summed E-state index contributed by atoms with van der Waals surface area (Å²) in [6.45, 7) is 1.96. The molecule has 3 amide bonds. The molecule has 0 spiro atoms. The summed E-state index contributed by atoms with van der Waals surface area (Å²) in [4.78, 5) is 36.7. The van der Waals surface area contributed by atoms with Crippen LogP contribution in [0.15, 0.2) is 54.7 Å². The summed E-state index contributed by atoms with van der Waals surface area (Å²) in [7, 11) is -0.987. The number of aryl methyl sites for hydroxylation is 1. The molecule has 7 heteroatoms. The number of hydrogen-bond donors (Lipinski definition) is 2. The molecule has 0 radical (unpaired) electrons. The maximum Gasteiger partial charge on any atom is 0.330 e. The average Bonchev–Trinajstić information content (AvgIpc) is 3.16. The van der Waals surface area contributed by atoms with E-state index in [0.29, 0.717) is 16.8 Å². The van der Waals surface area contributed by atoms with Crippen molar-refractivity contribution in [3.63, 3.8) is 0 Å². The van der Waals surface area contributed by atoms with Gasteiger partial charge in [-0.3, -0.25) is 19.5 Å². The molecule has 2 aromatic carbocycles. The first-order chi connectivity index (χ1) is 13.0. The Bertz CT molecular complexity index is 1130. The lowest BCUT2D eigenvalue weighted by atomic mass is 10.1. The second kappa shape index (κ2) is 6.51. The number of aromatic nitrogens is 1. The van der Waals surface area contributed by atoms with E-state index in [1.165, 1.54) is 4.57 Å². The number of fused-ring (bicyclic) bond motifs is 1. The smallest absolute Gasteiger partial charge is 0.307 e. The van der Waals surface area contributed by atoms with Gasteiger partial charge in [-0.2, -0.15) is 0 Å². The molecule has 4 rings (SSSR count). The normalized spacial score (nSPS) is 19.3. The number of carbonyl (C=O) groups excluding carboxylic acids is 3. The third-order valence-electron chi connectivity index (χ3n) is 4.52. The fourth-order valence-electron chi connectivity index (χ4n) is 3.27. The van der Waals surface area contributed by atoms with Gasteiger partial charge in [0.25, 0.3) is 5.24 Å². The Balaban J connectivity index is 1.72. The van der Waals surface area contributed by atoms with Gasteiger partial charge in [0.2, 0.25) is 5.91 Å². The van der Waals surface area contributed by atoms with Crippen LogP contribution in [0.1, 0.15) is 16.4 Å². The lowest BCUT2D eigenvalue weighted by molar-refractivity contribution is -0.119. The SMILES string of the molecule is C=S1C(=O)NC(=O)C1c1cccc2c1ccn2C(=O)Nc1cccc(C)c1. The lowest BCUT2D eigenvalue weighted by Crippen LogP contribution is -2.20. The predicted molar refractivity (Wildman–Crippen MR) is 109 cm³/mol. The summed E-state index contributed by atoms with van der Waals surface area (Å²) >= 11 is 0. The maximum atomic E-state index is 12.7. The van der Waals surface area contributed by atoms with E-state index in [1.54, 1.807) is 24.4 Å². The zero-order valence-corrected chi connectivity index (χ0v) is 15.4. The number of nitrogens with one attached hydrogen (secondary N) is 2. The number of amides is 3. The highest BCUT2D eigenvalue weighted by Gasteiger charge is 2.36. The number of hydrogen-bond acceptors (Lipinski definition) is 3. The minimum absolute atomic E-state index is 0.298. The van der Waals surface area contributed by atoms with Crippen molar-refractivity contribution in [1.29, 1.82) is 0 Å². The topological polar surface area (TPSA) is 80.2 Å². The zero-order chi connectivity index (χ0) is 19.1.